The van der Waals surface area contributed by atoms with Crippen molar-refractivity contribution in [2.45, 2.75) is 45.4 Å². The monoisotopic (exact) mass is 215 g/mol. The Labute approximate surface area is 94.7 Å². The third-order valence-corrected chi connectivity index (χ3v) is 3.52. The van der Waals surface area contributed by atoms with Crippen LogP contribution in [0.2, 0.25) is 0 Å². The number of rotatable bonds is 5. The molecule has 84 valence electrons. The van der Waals surface area contributed by atoms with E-state index in [4.69, 9.17) is 0 Å². The molecule has 0 aromatic carbocycles. The summed E-state index contributed by atoms with van der Waals surface area (Å²) in [5.74, 6) is 1.90. The molecule has 1 heterocycles. The highest BCUT2D eigenvalue weighted by molar-refractivity contribution is 7.80. The quantitative estimate of drug-likeness (QED) is 0.689. The molecule has 0 aliphatic carbocycles. The highest BCUT2D eigenvalue weighted by Crippen LogP contribution is 2.13. The van der Waals surface area contributed by atoms with E-state index in [1.165, 1.54) is 58.2 Å². The van der Waals surface area contributed by atoms with Gasteiger partial charge < -0.3 is 4.90 Å². The number of likely N-dealkylation sites (tertiary alicyclic amines) is 1. The second-order valence-electron chi connectivity index (χ2n) is 4.66. The zero-order valence-electron chi connectivity index (χ0n) is 9.54. The van der Waals surface area contributed by atoms with Gasteiger partial charge in [-0.25, -0.2) is 0 Å². The van der Waals surface area contributed by atoms with Gasteiger partial charge in [0.15, 0.2) is 0 Å². The van der Waals surface area contributed by atoms with Crippen LogP contribution in [0.3, 0.4) is 0 Å². The molecule has 1 unspecified atom stereocenters. The van der Waals surface area contributed by atoms with E-state index in [-0.39, 0.29) is 0 Å². The number of hydrogen-bond donors (Lipinski definition) is 1. The van der Waals surface area contributed by atoms with Crippen LogP contribution in [-0.2, 0) is 0 Å². The van der Waals surface area contributed by atoms with Gasteiger partial charge >= 0.3 is 0 Å². The largest absolute Gasteiger partial charge is 0.303 e. The Morgan fingerprint density at radius 1 is 1.07 bits per heavy atom. The first-order valence-corrected chi connectivity index (χ1v) is 6.79. The molecule has 1 atom stereocenters. The summed E-state index contributed by atoms with van der Waals surface area (Å²) in [7, 11) is 0. The van der Waals surface area contributed by atoms with E-state index >= 15 is 0 Å². The van der Waals surface area contributed by atoms with E-state index in [0.717, 1.165) is 11.7 Å². The molecule has 1 nitrogen and oxygen atoms in total. The Morgan fingerprint density at radius 3 is 2.29 bits per heavy atom. The number of hydrogen-bond acceptors (Lipinski definition) is 2. The average Bonchev–Trinajstić information content (AvgIpc) is 2.43. The maximum Gasteiger partial charge on any atom is -0.00162 e. The van der Waals surface area contributed by atoms with Gasteiger partial charge in [0.25, 0.3) is 0 Å². The van der Waals surface area contributed by atoms with Crippen molar-refractivity contribution < 1.29 is 0 Å². The molecule has 0 bridgehead atoms. The van der Waals surface area contributed by atoms with Gasteiger partial charge in [-0.2, -0.15) is 12.6 Å². The molecule has 1 fully saturated rings. The summed E-state index contributed by atoms with van der Waals surface area (Å²) in [4.78, 5) is 2.65. The van der Waals surface area contributed by atoms with Gasteiger partial charge in [-0.1, -0.05) is 19.8 Å². The fourth-order valence-electron chi connectivity index (χ4n) is 2.13. The van der Waals surface area contributed by atoms with Gasteiger partial charge in [0.1, 0.15) is 0 Å². The summed E-state index contributed by atoms with van der Waals surface area (Å²) >= 11 is 4.28. The van der Waals surface area contributed by atoms with Crippen LogP contribution in [-0.4, -0.2) is 30.3 Å². The highest BCUT2D eigenvalue weighted by Gasteiger charge is 2.09. The second kappa shape index (κ2) is 7.58. The molecule has 0 aromatic rings. The molecule has 0 saturated carbocycles. The number of nitrogens with zero attached hydrogens (tertiary/aromatic N) is 1. The summed E-state index contributed by atoms with van der Waals surface area (Å²) < 4.78 is 0. The van der Waals surface area contributed by atoms with Crippen molar-refractivity contribution >= 4 is 12.6 Å². The van der Waals surface area contributed by atoms with Crippen LogP contribution >= 0.6 is 12.6 Å². The van der Waals surface area contributed by atoms with E-state index < -0.39 is 0 Å². The summed E-state index contributed by atoms with van der Waals surface area (Å²) in [6, 6.07) is 0. The van der Waals surface area contributed by atoms with Crippen molar-refractivity contribution in [1.82, 2.24) is 4.90 Å². The molecule has 1 aliphatic rings. The smallest absolute Gasteiger partial charge is 0.00162 e. The van der Waals surface area contributed by atoms with Crippen LogP contribution in [0.15, 0.2) is 0 Å². The molecule has 14 heavy (non-hydrogen) atoms. The molecule has 0 aromatic heterocycles. The first-order valence-electron chi connectivity index (χ1n) is 6.16. The van der Waals surface area contributed by atoms with Crippen LogP contribution in [0, 0.1) is 5.92 Å². The first-order chi connectivity index (χ1) is 6.83. The molecule has 1 aliphatic heterocycles. The van der Waals surface area contributed by atoms with Crippen molar-refractivity contribution in [2.24, 2.45) is 5.92 Å². The Hall–Kier alpha value is 0.310. The third-order valence-electron chi connectivity index (χ3n) is 3.26. The van der Waals surface area contributed by atoms with Gasteiger partial charge in [-0.15, -0.1) is 0 Å². The standard InChI is InChI=1S/C12H25NS/c1-12(7-11-14)6-10-13-8-4-2-3-5-9-13/h12,14H,2-11H2,1H3. The van der Waals surface area contributed by atoms with Crippen molar-refractivity contribution in [3.05, 3.63) is 0 Å². The average molecular weight is 215 g/mol. The van der Waals surface area contributed by atoms with Crippen LogP contribution < -0.4 is 0 Å². The van der Waals surface area contributed by atoms with Crippen molar-refractivity contribution in [1.29, 1.82) is 0 Å². The van der Waals surface area contributed by atoms with Gasteiger partial charge in [-0.05, 0) is 57.0 Å². The maximum absolute atomic E-state index is 4.28. The Kier molecular flexibility index (Phi) is 6.70. The Morgan fingerprint density at radius 2 is 1.71 bits per heavy atom. The van der Waals surface area contributed by atoms with Crippen molar-refractivity contribution in [3.8, 4) is 0 Å². The predicted molar refractivity (Wildman–Crippen MR) is 67.2 cm³/mol. The second-order valence-corrected chi connectivity index (χ2v) is 5.11. The number of thiol groups is 1. The summed E-state index contributed by atoms with van der Waals surface area (Å²) in [6.07, 6.45) is 8.37. The fourth-order valence-corrected chi connectivity index (χ4v) is 2.57. The molecule has 0 N–H and O–H groups in total. The SMILES string of the molecule is CC(CCS)CCN1CCCCCC1. The van der Waals surface area contributed by atoms with E-state index in [9.17, 15) is 0 Å². The van der Waals surface area contributed by atoms with Gasteiger partial charge in [-0.3, -0.25) is 0 Å². The van der Waals surface area contributed by atoms with E-state index in [1.54, 1.807) is 0 Å². The molecule has 1 saturated heterocycles. The van der Waals surface area contributed by atoms with Crippen LogP contribution in [0.5, 0.6) is 0 Å². The lowest BCUT2D eigenvalue weighted by Gasteiger charge is -2.21. The summed E-state index contributed by atoms with van der Waals surface area (Å²) in [5.41, 5.74) is 0. The molecule has 0 amide bonds. The van der Waals surface area contributed by atoms with E-state index in [0.29, 0.717) is 0 Å². The minimum Gasteiger partial charge on any atom is -0.303 e. The van der Waals surface area contributed by atoms with Gasteiger partial charge in [0.2, 0.25) is 0 Å². The Balaban J connectivity index is 2.09. The molecule has 1 rings (SSSR count). The topological polar surface area (TPSA) is 3.24 Å². The zero-order valence-corrected chi connectivity index (χ0v) is 10.4. The fraction of sp³-hybridized carbons (Fsp3) is 1.00. The summed E-state index contributed by atoms with van der Waals surface area (Å²) in [6.45, 7) is 6.35. The highest BCUT2D eigenvalue weighted by atomic mass is 32.1. The normalized spacial score (nSPS) is 21.9. The maximum atomic E-state index is 4.28. The molecular weight excluding hydrogens is 190 g/mol. The lowest BCUT2D eigenvalue weighted by molar-refractivity contribution is 0.263. The Bertz CT molecular complexity index is 130. The van der Waals surface area contributed by atoms with Crippen molar-refractivity contribution in [2.75, 3.05) is 25.4 Å². The van der Waals surface area contributed by atoms with Gasteiger partial charge in [0, 0.05) is 0 Å². The minimum absolute atomic E-state index is 0.857. The lowest BCUT2D eigenvalue weighted by atomic mass is 10.1. The molecular formula is C12H25NS. The minimum atomic E-state index is 0.857. The zero-order chi connectivity index (χ0) is 10.2. The van der Waals surface area contributed by atoms with Crippen molar-refractivity contribution in [3.63, 3.8) is 0 Å². The van der Waals surface area contributed by atoms with E-state index in [2.05, 4.69) is 24.5 Å². The van der Waals surface area contributed by atoms with Crippen LogP contribution in [0.4, 0.5) is 0 Å². The van der Waals surface area contributed by atoms with Crippen LogP contribution in [0.25, 0.3) is 0 Å². The third kappa shape index (κ3) is 5.26. The lowest BCUT2D eigenvalue weighted by Crippen LogP contribution is -2.26. The molecule has 0 radical (unpaired) electrons. The molecule has 0 spiro atoms. The first kappa shape index (κ1) is 12.4. The summed E-state index contributed by atoms with van der Waals surface area (Å²) in [5, 5.41) is 0. The molecule has 2 heteroatoms. The van der Waals surface area contributed by atoms with Crippen LogP contribution in [0.1, 0.15) is 45.4 Å². The predicted octanol–water partition coefficient (Wildman–Crippen LogP) is 3.21. The van der Waals surface area contributed by atoms with E-state index in [1.807, 2.05) is 0 Å². The van der Waals surface area contributed by atoms with Gasteiger partial charge in [0.05, 0.1) is 0 Å².